The molecule has 0 atom stereocenters. The molecule has 0 bridgehead atoms. The average Bonchev–Trinajstić information content (AvgIpc) is 2.68. The summed E-state index contributed by atoms with van der Waals surface area (Å²) in [5.74, 6) is -0.798. The lowest BCUT2D eigenvalue weighted by Gasteiger charge is -2.05. The second-order valence-electron chi connectivity index (χ2n) is 4.77. The van der Waals surface area contributed by atoms with E-state index in [9.17, 15) is 9.18 Å². The minimum atomic E-state index is -0.505. The van der Waals surface area contributed by atoms with Gasteiger partial charge in [0.05, 0.1) is 28.4 Å². The Kier molecular flexibility index (Phi) is 4.23. The van der Waals surface area contributed by atoms with E-state index in [2.05, 4.69) is 5.10 Å². The van der Waals surface area contributed by atoms with E-state index >= 15 is 0 Å². The monoisotopic (exact) mass is 294 g/mol. The van der Waals surface area contributed by atoms with E-state index in [-0.39, 0.29) is 17.8 Å². The maximum atomic E-state index is 13.7. The third-order valence-electron chi connectivity index (χ3n) is 3.25. The molecule has 0 fully saturated rings. The molecule has 0 amide bonds. The van der Waals surface area contributed by atoms with Crippen LogP contribution in [0.5, 0.6) is 0 Å². The Morgan fingerprint density at radius 2 is 2.15 bits per heavy atom. The van der Waals surface area contributed by atoms with Crippen molar-refractivity contribution in [3.05, 3.63) is 51.6 Å². The number of hydrogen-bond donors (Lipinski definition) is 0. The van der Waals surface area contributed by atoms with Crippen molar-refractivity contribution in [1.82, 2.24) is 9.78 Å². The standard InChI is InChI=1S/C15H16ClFN2O/c1-4-12-15(16)13(19(3)18-12)8-14(20)10-7-9(2)5-6-11(10)17/h5-7H,4,8H2,1-3H3. The SMILES string of the molecule is CCc1nn(C)c(CC(=O)c2cc(C)ccc2F)c1Cl. The number of Topliss-reactive ketones (excluding diaryl/α,β-unsaturated/α-hetero) is 1. The number of carbonyl (C=O) groups is 1. The van der Waals surface area contributed by atoms with Gasteiger partial charge in [0, 0.05) is 7.05 Å². The minimum absolute atomic E-state index is 0.0444. The quantitative estimate of drug-likeness (QED) is 0.809. The number of nitrogens with zero attached hydrogens (tertiary/aromatic N) is 2. The van der Waals surface area contributed by atoms with Crippen LogP contribution in [0.1, 0.15) is 34.2 Å². The van der Waals surface area contributed by atoms with Gasteiger partial charge in [-0.25, -0.2) is 4.39 Å². The van der Waals surface area contributed by atoms with Gasteiger partial charge in [0.15, 0.2) is 5.78 Å². The molecule has 0 N–H and O–H groups in total. The summed E-state index contributed by atoms with van der Waals surface area (Å²) in [7, 11) is 1.74. The Morgan fingerprint density at radius 3 is 2.75 bits per heavy atom. The van der Waals surface area contributed by atoms with Crippen LogP contribution in [0.2, 0.25) is 5.02 Å². The van der Waals surface area contributed by atoms with Gasteiger partial charge in [-0.15, -0.1) is 0 Å². The van der Waals surface area contributed by atoms with Crippen molar-refractivity contribution < 1.29 is 9.18 Å². The fourth-order valence-electron chi connectivity index (χ4n) is 2.11. The third-order valence-corrected chi connectivity index (χ3v) is 3.69. The molecule has 0 spiro atoms. The highest BCUT2D eigenvalue weighted by Gasteiger charge is 2.19. The molecule has 1 aromatic heterocycles. The highest BCUT2D eigenvalue weighted by Crippen LogP contribution is 2.23. The number of aromatic nitrogens is 2. The van der Waals surface area contributed by atoms with Crippen LogP contribution in [-0.2, 0) is 19.9 Å². The van der Waals surface area contributed by atoms with E-state index in [1.807, 2.05) is 13.8 Å². The van der Waals surface area contributed by atoms with Gasteiger partial charge in [-0.1, -0.05) is 30.2 Å². The van der Waals surface area contributed by atoms with Crippen molar-refractivity contribution in [3.63, 3.8) is 0 Å². The minimum Gasteiger partial charge on any atom is -0.294 e. The third kappa shape index (κ3) is 2.75. The average molecular weight is 295 g/mol. The van der Waals surface area contributed by atoms with Gasteiger partial charge in [0.1, 0.15) is 5.82 Å². The van der Waals surface area contributed by atoms with E-state index in [0.29, 0.717) is 17.1 Å². The lowest BCUT2D eigenvalue weighted by molar-refractivity contribution is 0.0987. The first-order chi connectivity index (χ1) is 9.43. The lowest BCUT2D eigenvalue weighted by atomic mass is 10.0. The Balaban J connectivity index is 2.33. The molecule has 20 heavy (non-hydrogen) atoms. The molecule has 1 heterocycles. The van der Waals surface area contributed by atoms with Crippen molar-refractivity contribution >= 4 is 17.4 Å². The number of ketones is 1. The molecule has 0 radical (unpaired) electrons. The van der Waals surface area contributed by atoms with Crippen LogP contribution in [0.15, 0.2) is 18.2 Å². The fraction of sp³-hybridized carbons (Fsp3) is 0.333. The molecular formula is C15H16ClFN2O. The molecule has 0 aliphatic rings. The fourth-order valence-corrected chi connectivity index (χ4v) is 2.47. The van der Waals surface area contributed by atoms with Crippen LogP contribution >= 0.6 is 11.6 Å². The molecule has 0 unspecified atom stereocenters. The predicted octanol–water partition coefficient (Wildman–Crippen LogP) is 3.51. The highest BCUT2D eigenvalue weighted by atomic mass is 35.5. The summed E-state index contributed by atoms with van der Waals surface area (Å²) in [6.07, 6.45) is 0.738. The molecule has 106 valence electrons. The Bertz CT molecular complexity index is 664. The van der Waals surface area contributed by atoms with Gasteiger partial charge in [-0.05, 0) is 25.5 Å². The molecule has 0 saturated heterocycles. The van der Waals surface area contributed by atoms with Crippen LogP contribution < -0.4 is 0 Å². The maximum Gasteiger partial charge on any atom is 0.171 e. The van der Waals surface area contributed by atoms with Gasteiger partial charge < -0.3 is 0 Å². The van der Waals surface area contributed by atoms with Crippen molar-refractivity contribution in [1.29, 1.82) is 0 Å². The normalized spacial score (nSPS) is 10.8. The maximum absolute atomic E-state index is 13.7. The second-order valence-corrected chi connectivity index (χ2v) is 5.15. The number of aryl methyl sites for hydroxylation is 3. The Morgan fingerprint density at radius 1 is 1.45 bits per heavy atom. The van der Waals surface area contributed by atoms with Gasteiger partial charge in [0.2, 0.25) is 0 Å². The molecule has 2 rings (SSSR count). The molecule has 1 aromatic carbocycles. The zero-order valence-electron chi connectivity index (χ0n) is 11.7. The van der Waals surface area contributed by atoms with Gasteiger partial charge in [-0.2, -0.15) is 5.10 Å². The first-order valence-electron chi connectivity index (χ1n) is 6.43. The molecule has 0 saturated carbocycles. The van der Waals surface area contributed by atoms with E-state index in [1.165, 1.54) is 6.07 Å². The van der Waals surface area contributed by atoms with Crippen molar-refractivity contribution in [3.8, 4) is 0 Å². The first-order valence-corrected chi connectivity index (χ1v) is 6.81. The molecule has 0 aliphatic carbocycles. The lowest BCUT2D eigenvalue weighted by Crippen LogP contribution is -2.10. The summed E-state index contributed by atoms with van der Waals surface area (Å²) in [4.78, 5) is 12.2. The van der Waals surface area contributed by atoms with Crippen molar-refractivity contribution in [2.75, 3.05) is 0 Å². The molecular weight excluding hydrogens is 279 g/mol. The predicted molar refractivity (Wildman–Crippen MR) is 76.8 cm³/mol. The first kappa shape index (κ1) is 14.7. The van der Waals surface area contributed by atoms with Gasteiger partial charge >= 0.3 is 0 Å². The number of hydrogen-bond acceptors (Lipinski definition) is 2. The summed E-state index contributed by atoms with van der Waals surface area (Å²) in [6.45, 7) is 3.77. The second kappa shape index (κ2) is 5.75. The van der Waals surface area contributed by atoms with Gasteiger partial charge in [-0.3, -0.25) is 9.48 Å². The smallest absolute Gasteiger partial charge is 0.171 e. The van der Waals surface area contributed by atoms with Crippen LogP contribution in [0.4, 0.5) is 4.39 Å². The van der Waals surface area contributed by atoms with Crippen LogP contribution in [0.3, 0.4) is 0 Å². The summed E-state index contributed by atoms with van der Waals surface area (Å²) >= 11 is 6.20. The Hall–Kier alpha value is -1.68. The van der Waals surface area contributed by atoms with Crippen LogP contribution in [-0.4, -0.2) is 15.6 Å². The molecule has 0 aliphatic heterocycles. The van der Waals surface area contributed by atoms with E-state index in [4.69, 9.17) is 11.6 Å². The summed E-state index contributed by atoms with van der Waals surface area (Å²) in [5.41, 5.74) is 2.32. The van der Waals surface area contributed by atoms with Crippen molar-refractivity contribution in [2.24, 2.45) is 7.05 Å². The summed E-state index contributed by atoms with van der Waals surface area (Å²) in [5, 5.41) is 4.75. The summed E-state index contributed by atoms with van der Waals surface area (Å²) < 4.78 is 15.3. The van der Waals surface area contributed by atoms with E-state index in [0.717, 1.165) is 11.3 Å². The van der Waals surface area contributed by atoms with Crippen molar-refractivity contribution in [2.45, 2.75) is 26.7 Å². The topological polar surface area (TPSA) is 34.9 Å². The number of halogens is 2. The molecule has 2 aromatic rings. The molecule has 3 nitrogen and oxygen atoms in total. The van der Waals surface area contributed by atoms with E-state index in [1.54, 1.807) is 23.9 Å². The van der Waals surface area contributed by atoms with Crippen LogP contribution in [0, 0.1) is 12.7 Å². The number of rotatable bonds is 4. The zero-order valence-corrected chi connectivity index (χ0v) is 12.5. The van der Waals surface area contributed by atoms with Gasteiger partial charge in [0.25, 0.3) is 0 Å². The van der Waals surface area contributed by atoms with E-state index < -0.39 is 5.82 Å². The Labute approximate surface area is 122 Å². The largest absolute Gasteiger partial charge is 0.294 e. The summed E-state index contributed by atoms with van der Waals surface area (Å²) in [6, 6.07) is 4.51. The zero-order chi connectivity index (χ0) is 14.9. The number of benzene rings is 1. The highest BCUT2D eigenvalue weighted by molar-refractivity contribution is 6.32. The molecule has 5 heteroatoms. The van der Waals surface area contributed by atoms with Crippen LogP contribution in [0.25, 0.3) is 0 Å². The number of carbonyl (C=O) groups excluding carboxylic acids is 1.